The van der Waals surface area contributed by atoms with E-state index >= 15 is 0 Å². The Kier molecular flexibility index (Phi) is 3.14. The molecule has 0 amide bonds. The summed E-state index contributed by atoms with van der Waals surface area (Å²) in [5.41, 5.74) is 2.50. The second kappa shape index (κ2) is 4.96. The van der Waals surface area contributed by atoms with Gasteiger partial charge in [0, 0.05) is 12.5 Å². The molecule has 0 radical (unpaired) electrons. The largest absolute Gasteiger partial charge is 0.463 e. The normalized spacial score (nSPS) is 17.2. The standard InChI is InChI=1S/C14H16N4O2/c1-9-3-5-10(6-4-9)11-7-15-14-16-12(13(19)20-2)17-18(14)8-11/h3-6,11H,7-8H2,1-2H3,(H,15,16,17). The van der Waals surface area contributed by atoms with Crippen LogP contribution >= 0.6 is 0 Å². The Hall–Kier alpha value is -2.37. The van der Waals surface area contributed by atoms with Crippen LogP contribution in [0.4, 0.5) is 5.95 Å². The first-order valence-electron chi connectivity index (χ1n) is 6.51. The van der Waals surface area contributed by atoms with Crippen LogP contribution in [0.15, 0.2) is 24.3 Å². The summed E-state index contributed by atoms with van der Waals surface area (Å²) in [6, 6.07) is 8.47. The predicted molar refractivity (Wildman–Crippen MR) is 73.8 cm³/mol. The van der Waals surface area contributed by atoms with Gasteiger partial charge in [-0.1, -0.05) is 29.8 Å². The first-order valence-corrected chi connectivity index (χ1v) is 6.51. The minimum Gasteiger partial charge on any atom is -0.463 e. The lowest BCUT2D eigenvalue weighted by Crippen LogP contribution is -2.26. The summed E-state index contributed by atoms with van der Waals surface area (Å²) in [7, 11) is 1.32. The second-order valence-electron chi connectivity index (χ2n) is 4.92. The Bertz CT molecular complexity index is 633. The van der Waals surface area contributed by atoms with E-state index in [9.17, 15) is 4.79 Å². The zero-order valence-corrected chi connectivity index (χ0v) is 11.5. The molecule has 0 spiro atoms. The van der Waals surface area contributed by atoms with E-state index in [4.69, 9.17) is 0 Å². The van der Waals surface area contributed by atoms with E-state index in [1.54, 1.807) is 4.68 Å². The number of methoxy groups -OCH3 is 1. The number of hydrogen-bond acceptors (Lipinski definition) is 5. The van der Waals surface area contributed by atoms with Crippen molar-refractivity contribution in [1.29, 1.82) is 0 Å². The molecule has 1 atom stereocenters. The molecule has 2 heterocycles. The topological polar surface area (TPSA) is 69.0 Å². The fourth-order valence-corrected chi connectivity index (χ4v) is 2.33. The fraction of sp³-hybridized carbons (Fsp3) is 0.357. The van der Waals surface area contributed by atoms with Crippen molar-refractivity contribution in [2.75, 3.05) is 19.0 Å². The lowest BCUT2D eigenvalue weighted by molar-refractivity contribution is 0.0586. The van der Waals surface area contributed by atoms with Crippen molar-refractivity contribution in [1.82, 2.24) is 14.8 Å². The Morgan fingerprint density at radius 1 is 1.40 bits per heavy atom. The molecule has 3 rings (SSSR count). The summed E-state index contributed by atoms with van der Waals surface area (Å²) < 4.78 is 6.36. The van der Waals surface area contributed by atoms with Crippen molar-refractivity contribution >= 4 is 11.9 Å². The van der Waals surface area contributed by atoms with E-state index in [0.29, 0.717) is 18.4 Å². The van der Waals surface area contributed by atoms with Gasteiger partial charge in [0.25, 0.3) is 5.82 Å². The van der Waals surface area contributed by atoms with Crippen LogP contribution in [0.1, 0.15) is 27.7 Å². The quantitative estimate of drug-likeness (QED) is 0.841. The second-order valence-corrected chi connectivity index (χ2v) is 4.92. The van der Waals surface area contributed by atoms with Crippen LogP contribution in [0.5, 0.6) is 0 Å². The van der Waals surface area contributed by atoms with E-state index in [2.05, 4.69) is 51.3 Å². The number of benzene rings is 1. The highest BCUT2D eigenvalue weighted by molar-refractivity contribution is 5.85. The summed E-state index contributed by atoms with van der Waals surface area (Å²) >= 11 is 0. The van der Waals surface area contributed by atoms with Gasteiger partial charge < -0.3 is 10.1 Å². The number of carbonyl (C=O) groups is 1. The Labute approximate surface area is 116 Å². The molecule has 1 unspecified atom stereocenters. The van der Waals surface area contributed by atoms with E-state index in [1.165, 1.54) is 18.2 Å². The maximum atomic E-state index is 11.4. The number of anilines is 1. The number of rotatable bonds is 2. The maximum absolute atomic E-state index is 11.4. The molecule has 2 aromatic rings. The predicted octanol–water partition coefficient (Wildman–Crippen LogP) is 1.58. The Balaban J connectivity index is 1.83. The van der Waals surface area contributed by atoms with Gasteiger partial charge in [-0.3, -0.25) is 0 Å². The van der Waals surface area contributed by atoms with Gasteiger partial charge in [0.15, 0.2) is 0 Å². The molecule has 1 aliphatic heterocycles. The van der Waals surface area contributed by atoms with Gasteiger partial charge in [-0.2, -0.15) is 4.98 Å². The number of fused-ring (bicyclic) bond motifs is 1. The summed E-state index contributed by atoms with van der Waals surface area (Å²) in [5.74, 6) is 0.518. The number of carbonyl (C=O) groups excluding carboxylic acids is 1. The van der Waals surface area contributed by atoms with Crippen LogP contribution in [0.25, 0.3) is 0 Å². The Morgan fingerprint density at radius 2 is 2.15 bits per heavy atom. The van der Waals surface area contributed by atoms with Gasteiger partial charge in [-0.05, 0) is 12.5 Å². The highest BCUT2D eigenvalue weighted by Gasteiger charge is 2.24. The molecule has 6 heteroatoms. The molecular weight excluding hydrogens is 256 g/mol. The maximum Gasteiger partial charge on any atom is 0.378 e. The molecule has 0 saturated heterocycles. The van der Waals surface area contributed by atoms with E-state index in [-0.39, 0.29) is 5.82 Å². The smallest absolute Gasteiger partial charge is 0.378 e. The third kappa shape index (κ3) is 2.24. The van der Waals surface area contributed by atoms with Crippen LogP contribution in [0, 0.1) is 6.92 Å². The van der Waals surface area contributed by atoms with Crippen molar-refractivity contribution in [2.24, 2.45) is 0 Å². The SMILES string of the molecule is COC(=O)c1nc2n(n1)CC(c1ccc(C)cc1)CN2. The molecule has 1 aromatic heterocycles. The highest BCUT2D eigenvalue weighted by atomic mass is 16.5. The average molecular weight is 272 g/mol. The summed E-state index contributed by atoms with van der Waals surface area (Å²) in [4.78, 5) is 15.6. The first kappa shape index (κ1) is 12.7. The molecule has 0 fully saturated rings. The summed E-state index contributed by atoms with van der Waals surface area (Å²) in [6.07, 6.45) is 0. The minimum absolute atomic E-state index is 0.0968. The lowest BCUT2D eigenvalue weighted by Gasteiger charge is -2.24. The lowest BCUT2D eigenvalue weighted by atomic mass is 9.97. The van der Waals surface area contributed by atoms with E-state index in [1.807, 2.05) is 0 Å². The molecule has 1 aliphatic rings. The third-order valence-electron chi connectivity index (χ3n) is 3.49. The molecule has 0 aliphatic carbocycles. The van der Waals surface area contributed by atoms with Crippen molar-refractivity contribution in [2.45, 2.75) is 19.4 Å². The van der Waals surface area contributed by atoms with Crippen molar-refractivity contribution in [3.05, 3.63) is 41.2 Å². The fourth-order valence-electron chi connectivity index (χ4n) is 2.33. The average Bonchev–Trinajstić information content (AvgIpc) is 2.90. The zero-order chi connectivity index (χ0) is 14.1. The summed E-state index contributed by atoms with van der Waals surface area (Å²) in [5, 5.41) is 7.39. The van der Waals surface area contributed by atoms with E-state index < -0.39 is 5.97 Å². The van der Waals surface area contributed by atoms with Gasteiger partial charge in [0.2, 0.25) is 5.95 Å². The number of ether oxygens (including phenoxy) is 1. The summed E-state index contributed by atoms with van der Waals surface area (Å²) in [6.45, 7) is 3.55. The molecular formula is C14H16N4O2. The molecule has 104 valence electrons. The monoisotopic (exact) mass is 272 g/mol. The zero-order valence-electron chi connectivity index (χ0n) is 11.5. The van der Waals surface area contributed by atoms with Gasteiger partial charge in [0.05, 0.1) is 13.7 Å². The van der Waals surface area contributed by atoms with Gasteiger partial charge in [0.1, 0.15) is 0 Å². The molecule has 6 nitrogen and oxygen atoms in total. The molecule has 0 bridgehead atoms. The van der Waals surface area contributed by atoms with Crippen molar-refractivity contribution in [3.63, 3.8) is 0 Å². The number of aromatic nitrogens is 3. The highest BCUT2D eigenvalue weighted by Crippen LogP contribution is 2.24. The molecule has 0 saturated carbocycles. The minimum atomic E-state index is -0.513. The van der Waals surface area contributed by atoms with Crippen molar-refractivity contribution < 1.29 is 9.53 Å². The first-order chi connectivity index (χ1) is 9.67. The van der Waals surface area contributed by atoms with Gasteiger partial charge >= 0.3 is 5.97 Å². The van der Waals surface area contributed by atoms with Crippen LogP contribution in [0.2, 0.25) is 0 Å². The third-order valence-corrected chi connectivity index (χ3v) is 3.49. The molecule has 20 heavy (non-hydrogen) atoms. The molecule has 1 N–H and O–H groups in total. The van der Waals surface area contributed by atoms with Gasteiger partial charge in [-0.25, -0.2) is 9.48 Å². The Morgan fingerprint density at radius 3 is 2.85 bits per heavy atom. The number of esters is 1. The van der Waals surface area contributed by atoms with Gasteiger partial charge in [-0.15, -0.1) is 5.10 Å². The number of nitrogens with one attached hydrogen (secondary N) is 1. The van der Waals surface area contributed by atoms with Crippen LogP contribution in [0.3, 0.4) is 0 Å². The number of hydrogen-bond donors (Lipinski definition) is 1. The number of nitrogens with zero attached hydrogens (tertiary/aromatic N) is 3. The van der Waals surface area contributed by atoms with Crippen molar-refractivity contribution in [3.8, 4) is 0 Å². The number of aryl methyl sites for hydroxylation is 1. The molecule has 1 aromatic carbocycles. The van der Waals surface area contributed by atoms with E-state index in [0.717, 1.165) is 6.54 Å². The van der Waals surface area contributed by atoms with Crippen LogP contribution in [-0.2, 0) is 11.3 Å². The van der Waals surface area contributed by atoms with Crippen LogP contribution < -0.4 is 5.32 Å². The van der Waals surface area contributed by atoms with Crippen LogP contribution in [-0.4, -0.2) is 34.4 Å².